The standard InChI is InChI=1S/C8H15NO4/c1-13-6-7(11)5-8(12)9-3-2-4-10/h10H,2-6H2,1H3,(H,9,12). The van der Waals surface area contributed by atoms with Crippen molar-refractivity contribution in [2.45, 2.75) is 12.8 Å². The van der Waals surface area contributed by atoms with Gasteiger partial charge in [-0.05, 0) is 6.42 Å². The van der Waals surface area contributed by atoms with Crippen LogP contribution in [0.3, 0.4) is 0 Å². The van der Waals surface area contributed by atoms with Crippen LogP contribution in [-0.2, 0) is 14.3 Å². The molecule has 0 aromatic carbocycles. The van der Waals surface area contributed by atoms with Gasteiger partial charge in [0.25, 0.3) is 0 Å². The molecular formula is C8H15NO4. The van der Waals surface area contributed by atoms with Crippen molar-refractivity contribution >= 4 is 11.7 Å². The maximum Gasteiger partial charge on any atom is 0.227 e. The molecule has 0 bridgehead atoms. The van der Waals surface area contributed by atoms with Gasteiger partial charge in [-0.2, -0.15) is 0 Å². The van der Waals surface area contributed by atoms with E-state index >= 15 is 0 Å². The van der Waals surface area contributed by atoms with E-state index in [-0.39, 0.29) is 31.3 Å². The summed E-state index contributed by atoms with van der Waals surface area (Å²) in [7, 11) is 1.40. The Morgan fingerprint density at radius 2 is 2.15 bits per heavy atom. The lowest BCUT2D eigenvalue weighted by Crippen LogP contribution is -2.28. The number of carbonyl (C=O) groups is 2. The van der Waals surface area contributed by atoms with E-state index < -0.39 is 0 Å². The van der Waals surface area contributed by atoms with Gasteiger partial charge in [-0.25, -0.2) is 0 Å². The molecule has 0 aromatic heterocycles. The Hall–Kier alpha value is -0.940. The molecule has 0 aliphatic rings. The normalized spacial score (nSPS) is 9.69. The van der Waals surface area contributed by atoms with E-state index in [1.165, 1.54) is 7.11 Å². The highest BCUT2D eigenvalue weighted by Gasteiger charge is 2.07. The van der Waals surface area contributed by atoms with Crippen LogP contribution >= 0.6 is 0 Å². The van der Waals surface area contributed by atoms with Crippen LogP contribution in [-0.4, -0.2) is 43.7 Å². The molecule has 0 rings (SSSR count). The van der Waals surface area contributed by atoms with Gasteiger partial charge in [-0.3, -0.25) is 9.59 Å². The summed E-state index contributed by atoms with van der Waals surface area (Å²) in [4.78, 5) is 21.8. The molecule has 0 aliphatic carbocycles. The minimum absolute atomic E-state index is 0.0340. The molecule has 0 saturated carbocycles. The third-order valence-corrected chi connectivity index (χ3v) is 1.32. The molecule has 0 unspecified atom stereocenters. The van der Waals surface area contributed by atoms with Crippen molar-refractivity contribution in [3.05, 3.63) is 0 Å². The van der Waals surface area contributed by atoms with E-state index in [9.17, 15) is 9.59 Å². The molecule has 0 spiro atoms. The number of hydrogen-bond acceptors (Lipinski definition) is 4. The molecule has 0 saturated heterocycles. The zero-order valence-corrected chi connectivity index (χ0v) is 7.71. The Morgan fingerprint density at radius 1 is 1.46 bits per heavy atom. The molecule has 0 aromatic rings. The molecular weight excluding hydrogens is 174 g/mol. The van der Waals surface area contributed by atoms with Gasteiger partial charge in [-0.15, -0.1) is 0 Å². The fourth-order valence-electron chi connectivity index (χ4n) is 0.760. The van der Waals surface area contributed by atoms with Crippen molar-refractivity contribution < 1.29 is 19.4 Å². The largest absolute Gasteiger partial charge is 0.396 e. The third kappa shape index (κ3) is 7.42. The first-order valence-corrected chi connectivity index (χ1v) is 4.09. The molecule has 13 heavy (non-hydrogen) atoms. The van der Waals surface area contributed by atoms with Crippen LogP contribution in [0.1, 0.15) is 12.8 Å². The summed E-state index contributed by atoms with van der Waals surface area (Å²) < 4.78 is 4.56. The number of ketones is 1. The number of aliphatic hydroxyl groups is 1. The zero-order valence-electron chi connectivity index (χ0n) is 7.71. The van der Waals surface area contributed by atoms with Crippen molar-refractivity contribution in [1.82, 2.24) is 5.32 Å². The van der Waals surface area contributed by atoms with E-state index in [1.54, 1.807) is 0 Å². The van der Waals surface area contributed by atoms with Crippen molar-refractivity contribution in [1.29, 1.82) is 0 Å². The summed E-state index contributed by atoms with van der Waals surface area (Å²) in [6.07, 6.45) is 0.351. The number of amides is 1. The average Bonchev–Trinajstić information content (AvgIpc) is 2.05. The van der Waals surface area contributed by atoms with Gasteiger partial charge in [-0.1, -0.05) is 0 Å². The first-order chi connectivity index (χ1) is 6.20. The number of hydrogen-bond donors (Lipinski definition) is 2. The van der Waals surface area contributed by atoms with Crippen molar-refractivity contribution in [3.8, 4) is 0 Å². The SMILES string of the molecule is COCC(=O)CC(=O)NCCCO. The van der Waals surface area contributed by atoms with Gasteiger partial charge >= 0.3 is 0 Å². The molecule has 0 heterocycles. The summed E-state index contributed by atoms with van der Waals surface area (Å²) >= 11 is 0. The molecule has 5 heteroatoms. The maximum absolute atomic E-state index is 10.9. The summed E-state index contributed by atoms with van der Waals surface area (Å²) in [5.41, 5.74) is 0. The lowest BCUT2D eigenvalue weighted by molar-refractivity contribution is -0.130. The second-order valence-corrected chi connectivity index (χ2v) is 2.58. The van der Waals surface area contributed by atoms with E-state index in [2.05, 4.69) is 10.1 Å². The second-order valence-electron chi connectivity index (χ2n) is 2.58. The van der Waals surface area contributed by atoms with Gasteiger partial charge in [0.1, 0.15) is 6.61 Å². The highest BCUT2D eigenvalue weighted by molar-refractivity contribution is 5.98. The number of carbonyl (C=O) groups excluding carboxylic acids is 2. The molecule has 0 atom stereocenters. The van der Waals surface area contributed by atoms with E-state index in [1.807, 2.05) is 0 Å². The summed E-state index contributed by atoms with van der Waals surface area (Å²) in [5, 5.41) is 10.9. The fraction of sp³-hybridized carbons (Fsp3) is 0.750. The van der Waals surface area contributed by atoms with Gasteiger partial charge in [0.2, 0.25) is 5.91 Å². The number of aliphatic hydroxyl groups excluding tert-OH is 1. The predicted octanol–water partition coefficient (Wildman–Crippen LogP) is -0.909. The first-order valence-electron chi connectivity index (χ1n) is 4.09. The maximum atomic E-state index is 10.9. The van der Waals surface area contributed by atoms with Crippen LogP contribution in [0.15, 0.2) is 0 Å². The lowest BCUT2D eigenvalue weighted by Gasteiger charge is -2.02. The molecule has 5 nitrogen and oxygen atoms in total. The molecule has 0 aliphatic heterocycles. The number of rotatable bonds is 7. The van der Waals surface area contributed by atoms with Gasteiger partial charge in [0.05, 0.1) is 6.42 Å². The Labute approximate surface area is 77.1 Å². The highest BCUT2D eigenvalue weighted by Crippen LogP contribution is 1.85. The molecule has 2 N–H and O–H groups in total. The van der Waals surface area contributed by atoms with Crippen LogP contribution in [0, 0.1) is 0 Å². The molecule has 0 fully saturated rings. The first kappa shape index (κ1) is 12.1. The molecule has 0 radical (unpaired) electrons. The van der Waals surface area contributed by atoms with Crippen molar-refractivity contribution in [3.63, 3.8) is 0 Å². The minimum atomic E-state index is -0.324. The zero-order chi connectivity index (χ0) is 10.1. The predicted molar refractivity (Wildman–Crippen MR) is 46.2 cm³/mol. The van der Waals surface area contributed by atoms with Gasteiger partial charge < -0.3 is 15.2 Å². The van der Waals surface area contributed by atoms with Crippen molar-refractivity contribution in [2.24, 2.45) is 0 Å². The number of nitrogens with one attached hydrogen (secondary N) is 1. The van der Waals surface area contributed by atoms with Crippen LogP contribution in [0.25, 0.3) is 0 Å². The van der Waals surface area contributed by atoms with Gasteiger partial charge in [0.15, 0.2) is 5.78 Å². The summed E-state index contributed by atoms with van der Waals surface area (Å²) in [6.45, 7) is 0.398. The monoisotopic (exact) mass is 189 g/mol. The highest BCUT2D eigenvalue weighted by atomic mass is 16.5. The molecule has 1 amide bonds. The van der Waals surface area contributed by atoms with E-state index in [4.69, 9.17) is 5.11 Å². The van der Waals surface area contributed by atoms with Crippen LogP contribution in [0.5, 0.6) is 0 Å². The quantitative estimate of drug-likeness (QED) is 0.401. The smallest absolute Gasteiger partial charge is 0.227 e. The summed E-state index contributed by atoms with van der Waals surface area (Å²) in [6, 6.07) is 0. The van der Waals surface area contributed by atoms with Crippen molar-refractivity contribution in [2.75, 3.05) is 26.9 Å². The van der Waals surface area contributed by atoms with Gasteiger partial charge in [0, 0.05) is 20.3 Å². The number of methoxy groups -OCH3 is 1. The Kier molecular flexibility index (Phi) is 7.14. The van der Waals surface area contributed by atoms with Crippen LogP contribution in [0.2, 0.25) is 0 Å². The van der Waals surface area contributed by atoms with Crippen LogP contribution in [0.4, 0.5) is 0 Å². The Bertz CT molecular complexity index is 170. The summed E-state index contributed by atoms with van der Waals surface area (Å²) in [5.74, 6) is -0.570. The van der Waals surface area contributed by atoms with Crippen LogP contribution < -0.4 is 5.32 Å². The lowest BCUT2D eigenvalue weighted by atomic mass is 10.3. The number of ether oxygens (including phenoxy) is 1. The Morgan fingerprint density at radius 3 is 2.69 bits per heavy atom. The average molecular weight is 189 g/mol. The second kappa shape index (κ2) is 7.70. The topological polar surface area (TPSA) is 75.6 Å². The number of Topliss-reactive ketones (excluding diaryl/α,β-unsaturated/α-hetero) is 1. The fourth-order valence-corrected chi connectivity index (χ4v) is 0.760. The molecule has 76 valence electrons. The minimum Gasteiger partial charge on any atom is -0.396 e. The third-order valence-electron chi connectivity index (χ3n) is 1.32. The van der Waals surface area contributed by atoms with E-state index in [0.29, 0.717) is 13.0 Å². The van der Waals surface area contributed by atoms with E-state index in [0.717, 1.165) is 0 Å². The Balaban J connectivity index is 3.44.